The number of carbonyl (C=O) groups excluding carboxylic acids is 1. The van der Waals surface area contributed by atoms with E-state index in [1.54, 1.807) is 4.90 Å². The molecule has 0 spiro atoms. The Balaban J connectivity index is 1.28. The average molecular weight is 370 g/mol. The first kappa shape index (κ1) is 18.2. The first-order valence-electron chi connectivity index (χ1n) is 9.86. The minimum atomic E-state index is -0.866. The number of likely N-dealkylation sites (tertiary alicyclic amines) is 2. The lowest BCUT2D eigenvalue weighted by Crippen LogP contribution is -2.46. The van der Waals surface area contributed by atoms with Crippen molar-refractivity contribution in [3.63, 3.8) is 0 Å². The molecule has 0 radical (unpaired) electrons. The number of hydrogen-bond acceptors (Lipinski definition) is 4. The van der Waals surface area contributed by atoms with Gasteiger partial charge in [0.25, 0.3) is 0 Å². The first-order valence-corrected chi connectivity index (χ1v) is 9.86. The number of piperidine rings is 1. The second-order valence-corrected chi connectivity index (χ2v) is 7.84. The average Bonchev–Trinajstić information content (AvgIpc) is 3.01. The van der Waals surface area contributed by atoms with Gasteiger partial charge in [0.2, 0.25) is 5.91 Å². The Morgan fingerprint density at radius 1 is 1.30 bits per heavy atom. The van der Waals surface area contributed by atoms with Crippen molar-refractivity contribution in [3.05, 3.63) is 36.5 Å². The van der Waals surface area contributed by atoms with Gasteiger partial charge in [-0.25, -0.2) is 4.39 Å². The van der Waals surface area contributed by atoms with Crippen LogP contribution in [0.2, 0.25) is 0 Å². The molecule has 1 N–H and O–H groups in total. The van der Waals surface area contributed by atoms with E-state index in [0.717, 1.165) is 42.5 Å². The van der Waals surface area contributed by atoms with E-state index >= 15 is 0 Å². The highest BCUT2D eigenvalue weighted by molar-refractivity contribution is 5.81. The largest absolute Gasteiger partial charge is 0.381 e. The number of carbonyl (C=O) groups is 1. The molecule has 0 unspecified atom stereocenters. The number of fused-ring (bicyclic) bond motifs is 1. The van der Waals surface area contributed by atoms with Gasteiger partial charge >= 0.3 is 0 Å². The van der Waals surface area contributed by atoms with Crippen molar-refractivity contribution in [1.82, 2.24) is 14.8 Å². The molecule has 1 amide bonds. The lowest BCUT2D eigenvalue weighted by atomic mass is 10.0. The molecule has 2 aliphatic rings. The van der Waals surface area contributed by atoms with Crippen molar-refractivity contribution in [1.29, 1.82) is 0 Å². The minimum absolute atomic E-state index is 0.0205. The van der Waals surface area contributed by atoms with Crippen LogP contribution < -0.4 is 5.32 Å². The first-order chi connectivity index (χ1) is 13.1. The molecule has 3 heterocycles. The highest BCUT2D eigenvalue weighted by Gasteiger charge is 2.33. The number of anilines is 1. The zero-order chi connectivity index (χ0) is 18.8. The molecule has 5 nitrogen and oxygen atoms in total. The summed E-state index contributed by atoms with van der Waals surface area (Å²) in [5.41, 5.74) is 2.05. The topological polar surface area (TPSA) is 48.5 Å². The SMILES string of the molecule is C[C@@H]1C[C@H](F)CN1C(=O)CN1CCC(Nc2cnc3ccccc3c2)CC1. The third-order valence-corrected chi connectivity index (χ3v) is 5.75. The van der Waals surface area contributed by atoms with Crippen molar-refractivity contribution < 1.29 is 9.18 Å². The molecule has 0 aliphatic carbocycles. The molecule has 4 rings (SSSR count). The number of halogens is 1. The Labute approximate surface area is 159 Å². The van der Waals surface area contributed by atoms with Gasteiger partial charge in [0.15, 0.2) is 0 Å². The number of para-hydroxylation sites is 1. The Bertz CT molecular complexity index is 806. The van der Waals surface area contributed by atoms with Gasteiger partial charge in [-0.2, -0.15) is 0 Å². The molecule has 144 valence electrons. The van der Waals surface area contributed by atoms with Gasteiger partial charge in [0.1, 0.15) is 6.17 Å². The van der Waals surface area contributed by atoms with Gasteiger partial charge in [-0.1, -0.05) is 18.2 Å². The van der Waals surface area contributed by atoms with E-state index in [1.807, 2.05) is 31.3 Å². The summed E-state index contributed by atoms with van der Waals surface area (Å²) in [6.07, 6.45) is 3.47. The zero-order valence-electron chi connectivity index (χ0n) is 15.8. The van der Waals surface area contributed by atoms with Gasteiger partial charge < -0.3 is 10.2 Å². The van der Waals surface area contributed by atoms with E-state index in [2.05, 4.69) is 27.3 Å². The maximum absolute atomic E-state index is 13.5. The predicted octanol–water partition coefficient (Wildman–Crippen LogP) is 3.07. The van der Waals surface area contributed by atoms with Crippen LogP contribution in [0, 0.1) is 0 Å². The van der Waals surface area contributed by atoms with E-state index in [-0.39, 0.29) is 18.5 Å². The molecule has 1 aromatic heterocycles. The maximum Gasteiger partial charge on any atom is 0.237 e. The summed E-state index contributed by atoms with van der Waals surface area (Å²) in [6.45, 7) is 4.36. The molecule has 0 bridgehead atoms. The van der Waals surface area contributed by atoms with E-state index in [4.69, 9.17) is 0 Å². The van der Waals surface area contributed by atoms with Crippen LogP contribution in [-0.2, 0) is 4.79 Å². The molecule has 2 aromatic rings. The maximum atomic E-state index is 13.5. The zero-order valence-corrected chi connectivity index (χ0v) is 15.8. The van der Waals surface area contributed by atoms with Crippen molar-refractivity contribution in [2.75, 3.05) is 31.5 Å². The molecule has 2 saturated heterocycles. The lowest BCUT2D eigenvalue weighted by molar-refractivity contribution is -0.133. The molecule has 2 fully saturated rings. The molecular formula is C21H27FN4O. The Hall–Kier alpha value is -2.21. The number of nitrogens with zero attached hydrogens (tertiary/aromatic N) is 3. The number of nitrogens with one attached hydrogen (secondary N) is 1. The van der Waals surface area contributed by atoms with Crippen molar-refractivity contribution >= 4 is 22.5 Å². The molecular weight excluding hydrogens is 343 g/mol. The van der Waals surface area contributed by atoms with Gasteiger partial charge in [0, 0.05) is 37.0 Å². The van der Waals surface area contributed by atoms with E-state index in [0.29, 0.717) is 19.0 Å². The minimum Gasteiger partial charge on any atom is -0.381 e. The van der Waals surface area contributed by atoms with Crippen LogP contribution in [0.5, 0.6) is 0 Å². The number of amides is 1. The second-order valence-electron chi connectivity index (χ2n) is 7.84. The van der Waals surface area contributed by atoms with Crippen LogP contribution in [0.25, 0.3) is 10.9 Å². The quantitative estimate of drug-likeness (QED) is 0.899. The molecule has 1 aromatic carbocycles. The number of pyridine rings is 1. The smallest absolute Gasteiger partial charge is 0.237 e. The van der Waals surface area contributed by atoms with Crippen molar-refractivity contribution in [2.24, 2.45) is 0 Å². The fourth-order valence-electron chi connectivity index (χ4n) is 4.22. The van der Waals surface area contributed by atoms with Crippen molar-refractivity contribution in [3.8, 4) is 0 Å². The van der Waals surface area contributed by atoms with Gasteiger partial charge in [-0.05, 0) is 31.9 Å². The molecule has 2 atom stereocenters. The second kappa shape index (κ2) is 7.80. The van der Waals surface area contributed by atoms with E-state index in [9.17, 15) is 9.18 Å². The predicted molar refractivity (Wildman–Crippen MR) is 106 cm³/mol. The molecule has 6 heteroatoms. The standard InChI is InChI=1S/C21H27FN4O/c1-15-10-17(22)13-26(15)21(27)14-25-8-6-18(7-9-25)24-19-11-16-4-2-3-5-20(16)23-12-19/h2-5,11-12,15,17-18,24H,6-10,13-14H2,1H3/t15-,17+/m1/s1. The normalized spacial score (nSPS) is 24.4. The fourth-order valence-corrected chi connectivity index (χ4v) is 4.22. The highest BCUT2D eigenvalue weighted by atomic mass is 19.1. The Morgan fingerprint density at radius 3 is 2.81 bits per heavy atom. The Kier molecular flexibility index (Phi) is 5.25. The van der Waals surface area contributed by atoms with Crippen LogP contribution in [0.15, 0.2) is 36.5 Å². The number of rotatable bonds is 4. The van der Waals surface area contributed by atoms with E-state index in [1.165, 1.54) is 0 Å². The summed E-state index contributed by atoms with van der Waals surface area (Å²) >= 11 is 0. The van der Waals surface area contributed by atoms with Crippen LogP contribution in [0.1, 0.15) is 26.2 Å². The molecule has 27 heavy (non-hydrogen) atoms. The van der Waals surface area contributed by atoms with Crippen molar-refractivity contribution in [2.45, 2.75) is 44.4 Å². The molecule has 2 aliphatic heterocycles. The van der Waals surface area contributed by atoms with E-state index < -0.39 is 6.17 Å². The highest BCUT2D eigenvalue weighted by Crippen LogP contribution is 2.22. The molecule has 0 saturated carbocycles. The lowest BCUT2D eigenvalue weighted by Gasteiger charge is -2.33. The van der Waals surface area contributed by atoms with Crippen LogP contribution >= 0.6 is 0 Å². The third kappa shape index (κ3) is 4.21. The van der Waals surface area contributed by atoms with Gasteiger partial charge in [-0.3, -0.25) is 14.7 Å². The fraction of sp³-hybridized carbons (Fsp3) is 0.524. The summed E-state index contributed by atoms with van der Waals surface area (Å²) in [6, 6.07) is 10.7. The number of aromatic nitrogens is 1. The third-order valence-electron chi connectivity index (χ3n) is 5.75. The van der Waals surface area contributed by atoms with Gasteiger partial charge in [-0.15, -0.1) is 0 Å². The van der Waals surface area contributed by atoms with Crippen LogP contribution in [-0.4, -0.2) is 65.1 Å². The Morgan fingerprint density at radius 2 is 2.07 bits per heavy atom. The van der Waals surface area contributed by atoms with Gasteiger partial charge in [0.05, 0.1) is 30.5 Å². The summed E-state index contributed by atoms with van der Waals surface area (Å²) in [5.74, 6) is 0.0628. The number of hydrogen-bond donors (Lipinski definition) is 1. The summed E-state index contributed by atoms with van der Waals surface area (Å²) in [7, 11) is 0. The summed E-state index contributed by atoms with van der Waals surface area (Å²) in [5, 5.41) is 4.72. The number of alkyl halides is 1. The van der Waals surface area contributed by atoms with Crippen LogP contribution in [0.4, 0.5) is 10.1 Å². The van der Waals surface area contributed by atoms with Crippen LogP contribution in [0.3, 0.4) is 0 Å². The monoisotopic (exact) mass is 370 g/mol. The number of benzene rings is 1. The summed E-state index contributed by atoms with van der Waals surface area (Å²) in [4.78, 5) is 20.9. The summed E-state index contributed by atoms with van der Waals surface area (Å²) < 4.78 is 13.5.